The molecule has 1 aromatic heterocycles. The lowest BCUT2D eigenvalue weighted by atomic mass is 9.83. The molecule has 1 saturated carbocycles. The summed E-state index contributed by atoms with van der Waals surface area (Å²) in [5.41, 5.74) is -1.39. The van der Waals surface area contributed by atoms with Gasteiger partial charge in [-0.25, -0.2) is 13.4 Å². The lowest BCUT2D eigenvalue weighted by molar-refractivity contribution is -0.145. The number of aromatic amines is 1. The van der Waals surface area contributed by atoms with Crippen molar-refractivity contribution in [1.82, 2.24) is 14.7 Å². The summed E-state index contributed by atoms with van der Waals surface area (Å²) in [6.45, 7) is 1.85. The van der Waals surface area contributed by atoms with Crippen molar-refractivity contribution < 1.29 is 18.3 Å². The number of hydrogen-bond acceptors (Lipinski definition) is 4. The number of aryl methyl sites for hydroxylation is 1. The van der Waals surface area contributed by atoms with Crippen LogP contribution in [0.25, 0.3) is 0 Å². The van der Waals surface area contributed by atoms with Gasteiger partial charge in [-0.05, 0) is 12.8 Å². The summed E-state index contributed by atoms with van der Waals surface area (Å²) in [7, 11) is -3.90. The summed E-state index contributed by atoms with van der Waals surface area (Å²) in [6, 6.07) is 0. The summed E-state index contributed by atoms with van der Waals surface area (Å²) >= 11 is 0. The molecule has 1 heterocycles. The highest BCUT2D eigenvalue weighted by molar-refractivity contribution is 7.89. The Morgan fingerprint density at radius 3 is 2.60 bits per heavy atom. The van der Waals surface area contributed by atoms with Gasteiger partial charge in [0.2, 0.25) is 0 Å². The van der Waals surface area contributed by atoms with E-state index in [1.807, 2.05) is 6.92 Å². The van der Waals surface area contributed by atoms with Crippen LogP contribution >= 0.6 is 0 Å². The monoisotopic (exact) mass is 301 g/mol. The molecule has 1 aromatic rings. The van der Waals surface area contributed by atoms with Crippen molar-refractivity contribution in [3.8, 4) is 0 Å². The predicted octanol–water partition coefficient (Wildman–Crippen LogP) is 1.04. The molecule has 0 bridgehead atoms. The highest BCUT2D eigenvalue weighted by atomic mass is 32.2. The fourth-order valence-electron chi connectivity index (χ4n) is 2.49. The van der Waals surface area contributed by atoms with Crippen molar-refractivity contribution in [2.24, 2.45) is 0 Å². The number of nitrogens with zero attached hydrogens (tertiary/aromatic N) is 1. The molecule has 0 saturated heterocycles. The Morgan fingerprint density at radius 2 is 2.10 bits per heavy atom. The van der Waals surface area contributed by atoms with E-state index in [2.05, 4.69) is 14.7 Å². The molecular weight excluding hydrogens is 282 g/mol. The first-order chi connectivity index (χ1) is 9.39. The molecule has 0 aliphatic heterocycles. The Morgan fingerprint density at radius 1 is 1.45 bits per heavy atom. The molecule has 7 nitrogen and oxygen atoms in total. The Hall–Kier alpha value is -1.41. The number of aromatic nitrogens is 2. The first-order valence-corrected chi connectivity index (χ1v) is 8.19. The molecule has 0 aromatic carbocycles. The second-order valence-electron chi connectivity index (χ2n) is 5.10. The van der Waals surface area contributed by atoms with Crippen LogP contribution in [0.3, 0.4) is 0 Å². The van der Waals surface area contributed by atoms with E-state index in [1.54, 1.807) is 0 Å². The maximum absolute atomic E-state index is 12.3. The van der Waals surface area contributed by atoms with Crippen molar-refractivity contribution >= 4 is 16.0 Å². The predicted molar refractivity (Wildman–Crippen MR) is 71.7 cm³/mol. The number of imidazole rings is 1. The molecule has 0 unspecified atom stereocenters. The van der Waals surface area contributed by atoms with Crippen molar-refractivity contribution in [3.63, 3.8) is 0 Å². The van der Waals surface area contributed by atoms with Gasteiger partial charge in [0.05, 0.1) is 6.20 Å². The molecule has 2 rings (SSSR count). The lowest BCUT2D eigenvalue weighted by Crippen LogP contribution is -2.55. The Bertz CT molecular complexity index is 588. The summed E-state index contributed by atoms with van der Waals surface area (Å²) < 4.78 is 27.0. The smallest absolute Gasteiger partial charge is 0.324 e. The molecule has 3 N–H and O–H groups in total. The van der Waals surface area contributed by atoms with E-state index < -0.39 is 21.5 Å². The highest BCUT2D eigenvalue weighted by Gasteiger charge is 2.43. The molecular formula is C12H19N3O4S. The van der Waals surface area contributed by atoms with Gasteiger partial charge in [0.25, 0.3) is 10.0 Å². The molecule has 1 fully saturated rings. The fraction of sp³-hybridized carbons (Fsp3) is 0.667. The number of H-pyrrole nitrogens is 1. The van der Waals surface area contributed by atoms with Gasteiger partial charge >= 0.3 is 5.97 Å². The Labute approximate surface area is 117 Å². The average molecular weight is 301 g/mol. The molecule has 1 aliphatic rings. The van der Waals surface area contributed by atoms with Crippen LogP contribution in [0, 0.1) is 0 Å². The van der Waals surface area contributed by atoms with E-state index in [0.29, 0.717) is 37.9 Å². The van der Waals surface area contributed by atoms with E-state index in [1.165, 1.54) is 6.20 Å². The van der Waals surface area contributed by atoms with Crippen LogP contribution in [-0.4, -0.2) is 35.0 Å². The zero-order chi connectivity index (χ0) is 14.8. The van der Waals surface area contributed by atoms with Crippen LogP contribution in [0.15, 0.2) is 11.2 Å². The number of nitrogens with one attached hydrogen (secondary N) is 2. The standard InChI is InChI=1S/C12H19N3O4S/c1-2-9-13-8-10(14-9)20(18,19)15-12(11(16)17)6-4-3-5-7-12/h8,15H,2-7H2,1H3,(H,13,14)(H,16,17). The SMILES string of the molecule is CCc1ncc(S(=O)(=O)NC2(C(=O)O)CCCCC2)[nH]1. The molecule has 0 radical (unpaired) electrons. The van der Waals surface area contributed by atoms with Gasteiger partial charge in [-0.1, -0.05) is 26.2 Å². The van der Waals surface area contributed by atoms with Crippen molar-refractivity contribution in [2.75, 3.05) is 0 Å². The van der Waals surface area contributed by atoms with Crippen LogP contribution < -0.4 is 4.72 Å². The first kappa shape index (κ1) is 15.0. The lowest BCUT2D eigenvalue weighted by Gasteiger charge is -2.33. The van der Waals surface area contributed by atoms with Gasteiger partial charge < -0.3 is 10.1 Å². The maximum Gasteiger partial charge on any atom is 0.324 e. The molecule has 20 heavy (non-hydrogen) atoms. The number of hydrogen-bond donors (Lipinski definition) is 3. The van der Waals surface area contributed by atoms with E-state index in [-0.39, 0.29) is 5.03 Å². The van der Waals surface area contributed by atoms with E-state index >= 15 is 0 Å². The minimum atomic E-state index is -3.90. The Kier molecular flexibility index (Phi) is 4.14. The van der Waals surface area contributed by atoms with Gasteiger partial charge in [-0.3, -0.25) is 4.79 Å². The third-order valence-electron chi connectivity index (χ3n) is 3.68. The summed E-state index contributed by atoms with van der Waals surface area (Å²) in [4.78, 5) is 18.1. The minimum Gasteiger partial charge on any atom is -0.480 e. The maximum atomic E-state index is 12.3. The van der Waals surface area contributed by atoms with Gasteiger partial charge in [-0.15, -0.1) is 0 Å². The number of carboxylic acids is 1. The van der Waals surface area contributed by atoms with Gasteiger partial charge in [0.15, 0.2) is 5.03 Å². The van der Waals surface area contributed by atoms with Gasteiger partial charge in [-0.2, -0.15) is 4.72 Å². The average Bonchev–Trinajstić information content (AvgIpc) is 2.88. The third-order valence-corrected chi connectivity index (χ3v) is 5.12. The topological polar surface area (TPSA) is 112 Å². The molecule has 0 atom stereocenters. The van der Waals surface area contributed by atoms with Gasteiger partial charge in [0, 0.05) is 6.42 Å². The van der Waals surface area contributed by atoms with E-state index in [4.69, 9.17) is 0 Å². The fourth-order valence-corrected chi connectivity index (χ4v) is 3.85. The molecule has 8 heteroatoms. The van der Waals surface area contributed by atoms with Crippen LogP contribution in [0.1, 0.15) is 44.9 Å². The molecule has 0 spiro atoms. The number of sulfonamides is 1. The van der Waals surface area contributed by atoms with Crippen molar-refractivity contribution in [1.29, 1.82) is 0 Å². The summed E-state index contributed by atoms with van der Waals surface area (Å²) in [5.74, 6) is -0.561. The molecule has 112 valence electrons. The summed E-state index contributed by atoms with van der Waals surface area (Å²) in [5, 5.41) is 9.31. The highest BCUT2D eigenvalue weighted by Crippen LogP contribution is 2.30. The summed E-state index contributed by atoms with van der Waals surface area (Å²) in [6.07, 6.45) is 4.78. The van der Waals surface area contributed by atoms with Crippen molar-refractivity contribution in [3.05, 3.63) is 12.0 Å². The van der Waals surface area contributed by atoms with E-state index in [0.717, 1.165) is 6.42 Å². The Balaban J connectivity index is 2.27. The molecule has 1 aliphatic carbocycles. The largest absolute Gasteiger partial charge is 0.480 e. The number of aliphatic carboxylic acids is 1. The zero-order valence-electron chi connectivity index (χ0n) is 11.3. The molecule has 0 amide bonds. The van der Waals surface area contributed by atoms with Crippen LogP contribution in [0.5, 0.6) is 0 Å². The van der Waals surface area contributed by atoms with E-state index in [9.17, 15) is 18.3 Å². The zero-order valence-corrected chi connectivity index (χ0v) is 12.2. The van der Waals surface area contributed by atoms with Crippen LogP contribution in [0.4, 0.5) is 0 Å². The van der Waals surface area contributed by atoms with Crippen LogP contribution in [0.2, 0.25) is 0 Å². The second-order valence-corrected chi connectivity index (χ2v) is 6.75. The van der Waals surface area contributed by atoms with Crippen LogP contribution in [-0.2, 0) is 21.2 Å². The third kappa shape index (κ3) is 2.85. The normalized spacial score (nSPS) is 18.9. The first-order valence-electron chi connectivity index (χ1n) is 6.71. The quantitative estimate of drug-likeness (QED) is 0.752. The minimum absolute atomic E-state index is 0.0828. The van der Waals surface area contributed by atoms with Gasteiger partial charge in [0.1, 0.15) is 11.4 Å². The second kappa shape index (κ2) is 5.53. The van der Waals surface area contributed by atoms with Crippen molar-refractivity contribution in [2.45, 2.75) is 56.0 Å². The number of rotatable bonds is 5. The number of carboxylic acid groups (broad SMARTS) is 1. The number of carbonyl (C=O) groups is 1.